The highest BCUT2D eigenvalue weighted by Gasteiger charge is 2.56. The molecule has 176 valence electrons. The Hall–Kier alpha value is -3.20. The number of nitrogens with one attached hydrogen (secondary N) is 1. The number of carbonyl (C=O) groups excluding carboxylic acids is 1. The van der Waals surface area contributed by atoms with Crippen LogP contribution in [-0.2, 0) is 11.2 Å². The van der Waals surface area contributed by atoms with E-state index in [0.29, 0.717) is 17.5 Å². The van der Waals surface area contributed by atoms with Gasteiger partial charge in [0.2, 0.25) is 5.91 Å². The molecule has 3 aromatic rings. The molecule has 1 unspecified atom stereocenters. The molecule has 0 saturated carbocycles. The fourth-order valence-electron chi connectivity index (χ4n) is 4.04. The number of hydrogen-bond donors (Lipinski definition) is 2. The highest BCUT2D eigenvalue weighted by Crippen LogP contribution is 2.43. The fraction of sp³-hybridized carbons (Fsp3) is 0.375. The average Bonchev–Trinajstić information content (AvgIpc) is 2.69. The van der Waals surface area contributed by atoms with Crippen molar-refractivity contribution in [1.29, 1.82) is 0 Å². The third-order valence-corrected chi connectivity index (χ3v) is 5.46. The fourth-order valence-corrected chi connectivity index (χ4v) is 4.04. The van der Waals surface area contributed by atoms with E-state index in [2.05, 4.69) is 15.0 Å². The van der Waals surface area contributed by atoms with Gasteiger partial charge in [-0.25, -0.2) is 4.79 Å². The van der Waals surface area contributed by atoms with Gasteiger partial charge in [-0.3, -0.25) is 4.79 Å². The number of halogens is 3. The quantitative estimate of drug-likeness (QED) is 0.527. The standard InChI is InChI=1S/C24H25F3N2O4/c1-15-19-11-17(9-10-18(19)21(31)33-29-15)28-20(30)13-23(32,24(25,26)27)14-22(2,3)12-16-7-5-4-6-8-16/h4-11,32H,12-14H2,1-3H3,(H,28,30). The van der Waals surface area contributed by atoms with Crippen LogP contribution in [0.25, 0.3) is 10.8 Å². The van der Waals surface area contributed by atoms with Gasteiger partial charge in [-0.1, -0.05) is 49.3 Å². The molecule has 2 N–H and O–H groups in total. The van der Waals surface area contributed by atoms with Crippen LogP contribution in [0.5, 0.6) is 0 Å². The van der Waals surface area contributed by atoms with Crippen LogP contribution in [0, 0.1) is 12.3 Å². The van der Waals surface area contributed by atoms with E-state index in [-0.39, 0.29) is 11.1 Å². The van der Waals surface area contributed by atoms with E-state index in [0.717, 1.165) is 5.56 Å². The Morgan fingerprint density at radius 2 is 1.76 bits per heavy atom. The normalized spacial score (nSPS) is 14.2. The van der Waals surface area contributed by atoms with Crippen LogP contribution < -0.4 is 10.9 Å². The predicted molar refractivity (Wildman–Crippen MR) is 118 cm³/mol. The predicted octanol–water partition coefficient (Wildman–Crippen LogP) is 4.78. The number of rotatable bonds is 7. The van der Waals surface area contributed by atoms with Gasteiger partial charge in [0.25, 0.3) is 0 Å². The van der Waals surface area contributed by atoms with E-state index in [4.69, 9.17) is 0 Å². The summed E-state index contributed by atoms with van der Waals surface area (Å²) in [6, 6.07) is 13.2. The van der Waals surface area contributed by atoms with E-state index in [1.54, 1.807) is 45.0 Å². The molecule has 0 saturated heterocycles. The second-order valence-electron chi connectivity index (χ2n) is 9.07. The summed E-state index contributed by atoms with van der Waals surface area (Å²) in [5.74, 6) is -1.00. The number of nitrogens with zero attached hydrogens (tertiary/aromatic N) is 1. The summed E-state index contributed by atoms with van der Waals surface area (Å²) >= 11 is 0. The first kappa shape index (κ1) is 24.4. The van der Waals surface area contributed by atoms with Crippen LogP contribution in [0.3, 0.4) is 0 Å². The molecule has 0 bridgehead atoms. The minimum absolute atomic E-state index is 0.177. The molecule has 0 radical (unpaired) electrons. The Bertz CT molecular complexity index is 1210. The van der Waals surface area contributed by atoms with Crippen molar-refractivity contribution in [3.05, 3.63) is 70.2 Å². The molecule has 0 aliphatic heterocycles. The van der Waals surface area contributed by atoms with Crippen molar-refractivity contribution < 1.29 is 27.6 Å². The van der Waals surface area contributed by atoms with Gasteiger partial charge in [-0.05, 0) is 48.9 Å². The summed E-state index contributed by atoms with van der Waals surface area (Å²) in [7, 11) is 0. The molecule has 6 nitrogen and oxygen atoms in total. The number of aryl methyl sites for hydroxylation is 1. The highest BCUT2D eigenvalue weighted by molar-refractivity contribution is 5.95. The number of alkyl halides is 3. The molecular formula is C24H25F3N2O4. The lowest BCUT2D eigenvalue weighted by atomic mass is 9.74. The molecule has 3 rings (SSSR count). The van der Waals surface area contributed by atoms with Gasteiger partial charge < -0.3 is 14.9 Å². The summed E-state index contributed by atoms with van der Waals surface area (Å²) in [5.41, 5.74) is -3.43. The molecule has 0 aliphatic carbocycles. The number of hydrogen-bond acceptors (Lipinski definition) is 5. The summed E-state index contributed by atoms with van der Waals surface area (Å²) in [6.07, 6.45) is -6.54. The van der Waals surface area contributed by atoms with Crippen molar-refractivity contribution in [1.82, 2.24) is 5.16 Å². The lowest BCUT2D eigenvalue weighted by Gasteiger charge is -2.37. The Labute approximate surface area is 188 Å². The lowest BCUT2D eigenvalue weighted by molar-refractivity contribution is -0.269. The third kappa shape index (κ3) is 5.78. The maximum atomic E-state index is 13.9. The van der Waals surface area contributed by atoms with Crippen molar-refractivity contribution in [3.8, 4) is 0 Å². The van der Waals surface area contributed by atoms with Crippen LogP contribution in [0.15, 0.2) is 57.8 Å². The minimum atomic E-state index is -5.01. The Kier molecular flexibility index (Phi) is 6.65. The monoisotopic (exact) mass is 462 g/mol. The molecule has 0 fully saturated rings. The zero-order valence-corrected chi connectivity index (χ0v) is 18.5. The first-order valence-corrected chi connectivity index (χ1v) is 10.3. The molecule has 2 aromatic carbocycles. The smallest absolute Gasteiger partial charge is 0.380 e. The Morgan fingerprint density at radius 1 is 1.09 bits per heavy atom. The first-order chi connectivity index (χ1) is 15.3. The van der Waals surface area contributed by atoms with Crippen LogP contribution in [0.4, 0.5) is 18.9 Å². The molecule has 33 heavy (non-hydrogen) atoms. The van der Waals surface area contributed by atoms with Gasteiger partial charge in [0.15, 0.2) is 5.60 Å². The van der Waals surface area contributed by atoms with E-state index in [1.165, 1.54) is 18.2 Å². The zero-order chi connectivity index (χ0) is 24.4. The number of anilines is 1. The molecule has 9 heteroatoms. The number of aliphatic hydroxyl groups is 1. The lowest BCUT2D eigenvalue weighted by Crippen LogP contribution is -2.50. The minimum Gasteiger partial charge on any atom is -0.380 e. The van der Waals surface area contributed by atoms with Crippen molar-refractivity contribution in [2.24, 2.45) is 5.41 Å². The summed E-state index contributed by atoms with van der Waals surface area (Å²) in [4.78, 5) is 24.3. The number of fused-ring (bicyclic) bond motifs is 1. The van der Waals surface area contributed by atoms with Crippen LogP contribution >= 0.6 is 0 Å². The van der Waals surface area contributed by atoms with Crippen LogP contribution in [0.2, 0.25) is 0 Å². The molecule has 1 heterocycles. The highest BCUT2D eigenvalue weighted by atomic mass is 19.4. The van der Waals surface area contributed by atoms with Crippen LogP contribution in [0.1, 0.15) is 37.9 Å². The van der Waals surface area contributed by atoms with Crippen molar-refractivity contribution in [2.75, 3.05) is 5.32 Å². The van der Waals surface area contributed by atoms with E-state index >= 15 is 0 Å². The molecular weight excluding hydrogens is 437 g/mol. The Morgan fingerprint density at radius 3 is 2.39 bits per heavy atom. The largest absolute Gasteiger partial charge is 0.417 e. The SMILES string of the molecule is Cc1noc(=O)c2ccc(NC(=O)CC(O)(CC(C)(C)Cc3ccccc3)C(F)(F)F)cc12. The topological polar surface area (TPSA) is 92.4 Å². The second-order valence-corrected chi connectivity index (χ2v) is 9.07. The molecule has 1 atom stereocenters. The molecule has 0 spiro atoms. The van der Waals surface area contributed by atoms with Gasteiger partial charge >= 0.3 is 11.8 Å². The van der Waals surface area contributed by atoms with E-state index in [1.807, 2.05) is 6.07 Å². The zero-order valence-electron chi connectivity index (χ0n) is 18.5. The number of amides is 1. The third-order valence-electron chi connectivity index (χ3n) is 5.46. The second kappa shape index (κ2) is 8.97. The Balaban J connectivity index is 1.79. The van der Waals surface area contributed by atoms with Gasteiger partial charge in [0.1, 0.15) is 0 Å². The van der Waals surface area contributed by atoms with Gasteiger partial charge in [0.05, 0.1) is 17.5 Å². The van der Waals surface area contributed by atoms with Gasteiger partial charge in [0, 0.05) is 11.1 Å². The number of carbonyl (C=O) groups is 1. The first-order valence-electron chi connectivity index (χ1n) is 10.3. The summed E-state index contributed by atoms with van der Waals surface area (Å²) < 4.78 is 46.3. The maximum Gasteiger partial charge on any atom is 0.417 e. The average molecular weight is 462 g/mol. The summed E-state index contributed by atoms with van der Waals surface area (Å²) in [6.45, 7) is 4.84. The van der Waals surface area contributed by atoms with Crippen molar-refractivity contribution in [3.63, 3.8) is 0 Å². The van der Waals surface area contributed by atoms with Crippen molar-refractivity contribution >= 4 is 22.4 Å². The molecule has 0 aliphatic rings. The molecule has 1 aromatic heterocycles. The van der Waals surface area contributed by atoms with E-state index < -0.39 is 41.6 Å². The van der Waals surface area contributed by atoms with Crippen molar-refractivity contribution in [2.45, 2.75) is 51.8 Å². The maximum absolute atomic E-state index is 13.9. The van der Waals surface area contributed by atoms with Gasteiger partial charge in [-0.15, -0.1) is 0 Å². The van der Waals surface area contributed by atoms with Gasteiger partial charge in [-0.2, -0.15) is 13.2 Å². The van der Waals surface area contributed by atoms with E-state index in [9.17, 15) is 27.9 Å². The molecule has 1 amide bonds. The number of aromatic nitrogens is 1. The van der Waals surface area contributed by atoms with Crippen LogP contribution in [-0.4, -0.2) is 27.9 Å². The number of benzene rings is 2. The summed E-state index contributed by atoms with van der Waals surface area (Å²) in [5, 5.41) is 17.2.